The minimum Gasteiger partial charge on any atom is -0.313 e. The summed E-state index contributed by atoms with van der Waals surface area (Å²) in [6.07, 6.45) is 4.16. The van der Waals surface area contributed by atoms with Crippen LogP contribution in [-0.2, 0) is 13.0 Å². The molecular formula is C16H23N3. The molecule has 3 nitrogen and oxygen atoms in total. The number of aromatic amines is 1. The molecule has 0 radical (unpaired) electrons. The molecule has 0 aliphatic heterocycles. The molecule has 1 heterocycles. The normalized spacial score (nSPS) is 10.9. The first kappa shape index (κ1) is 13.8. The molecule has 0 bridgehead atoms. The Morgan fingerprint density at radius 1 is 1.11 bits per heavy atom. The number of hydrogen-bond donors (Lipinski definition) is 2. The van der Waals surface area contributed by atoms with Crippen molar-refractivity contribution in [3.8, 4) is 0 Å². The van der Waals surface area contributed by atoms with Crippen LogP contribution in [0.3, 0.4) is 0 Å². The largest absolute Gasteiger partial charge is 0.313 e. The molecular weight excluding hydrogens is 234 g/mol. The third-order valence-corrected chi connectivity index (χ3v) is 3.34. The highest BCUT2D eigenvalue weighted by Gasteiger charge is 2.00. The molecule has 0 aliphatic carbocycles. The summed E-state index contributed by atoms with van der Waals surface area (Å²) >= 11 is 0. The van der Waals surface area contributed by atoms with Crippen LogP contribution in [0.25, 0.3) is 0 Å². The molecule has 0 saturated heterocycles. The molecule has 0 spiro atoms. The fourth-order valence-electron chi connectivity index (χ4n) is 2.44. The third kappa shape index (κ3) is 4.21. The lowest BCUT2D eigenvalue weighted by atomic mass is 10.1. The Kier molecular flexibility index (Phi) is 4.74. The Balaban J connectivity index is 1.71. The Morgan fingerprint density at radius 2 is 1.84 bits per heavy atom. The first-order valence-corrected chi connectivity index (χ1v) is 6.92. The van der Waals surface area contributed by atoms with Gasteiger partial charge in [0, 0.05) is 12.2 Å². The summed E-state index contributed by atoms with van der Waals surface area (Å²) in [5.41, 5.74) is 6.57. The molecule has 0 atom stereocenters. The van der Waals surface area contributed by atoms with Gasteiger partial charge in [-0.15, -0.1) is 0 Å². The van der Waals surface area contributed by atoms with E-state index in [-0.39, 0.29) is 0 Å². The van der Waals surface area contributed by atoms with E-state index >= 15 is 0 Å². The zero-order valence-corrected chi connectivity index (χ0v) is 12.1. The number of H-pyrrole nitrogens is 1. The van der Waals surface area contributed by atoms with E-state index in [0.29, 0.717) is 0 Å². The van der Waals surface area contributed by atoms with Gasteiger partial charge in [-0.3, -0.25) is 5.10 Å². The SMILES string of the molecule is Cc1cc(C)cc(CNCCCc2cn[nH]c2C)c1. The van der Waals surface area contributed by atoms with Gasteiger partial charge in [-0.25, -0.2) is 0 Å². The van der Waals surface area contributed by atoms with Crippen molar-refractivity contribution < 1.29 is 0 Å². The molecule has 102 valence electrons. The second-order valence-electron chi connectivity index (χ2n) is 5.30. The highest BCUT2D eigenvalue weighted by atomic mass is 15.1. The van der Waals surface area contributed by atoms with Gasteiger partial charge in [0.05, 0.1) is 6.20 Å². The molecule has 3 heteroatoms. The van der Waals surface area contributed by atoms with Crippen LogP contribution < -0.4 is 5.32 Å². The van der Waals surface area contributed by atoms with Crippen molar-refractivity contribution in [3.63, 3.8) is 0 Å². The summed E-state index contributed by atoms with van der Waals surface area (Å²) in [6, 6.07) is 6.71. The van der Waals surface area contributed by atoms with Crippen LogP contribution in [0, 0.1) is 20.8 Å². The minimum atomic E-state index is 0.951. The average Bonchev–Trinajstić information content (AvgIpc) is 2.73. The summed E-state index contributed by atoms with van der Waals surface area (Å²) in [5.74, 6) is 0. The molecule has 2 aromatic rings. The molecule has 2 rings (SSSR count). The highest BCUT2D eigenvalue weighted by molar-refractivity contribution is 5.28. The van der Waals surface area contributed by atoms with Crippen molar-refractivity contribution in [1.29, 1.82) is 0 Å². The second-order valence-corrected chi connectivity index (χ2v) is 5.30. The van der Waals surface area contributed by atoms with Crippen molar-refractivity contribution in [2.24, 2.45) is 0 Å². The van der Waals surface area contributed by atoms with E-state index in [1.807, 2.05) is 6.20 Å². The van der Waals surface area contributed by atoms with E-state index < -0.39 is 0 Å². The predicted octanol–water partition coefficient (Wildman–Crippen LogP) is 3.06. The Labute approximate surface area is 115 Å². The first-order valence-electron chi connectivity index (χ1n) is 6.92. The van der Waals surface area contributed by atoms with Crippen LogP contribution in [0.4, 0.5) is 0 Å². The van der Waals surface area contributed by atoms with E-state index in [1.165, 1.54) is 27.9 Å². The number of aromatic nitrogens is 2. The molecule has 1 aromatic carbocycles. The van der Waals surface area contributed by atoms with Crippen LogP contribution in [0.5, 0.6) is 0 Å². The predicted molar refractivity (Wildman–Crippen MR) is 79.3 cm³/mol. The third-order valence-electron chi connectivity index (χ3n) is 3.34. The van der Waals surface area contributed by atoms with Gasteiger partial charge in [-0.1, -0.05) is 29.3 Å². The number of nitrogens with zero attached hydrogens (tertiary/aromatic N) is 1. The van der Waals surface area contributed by atoms with Crippen LogP contribution >= 0.6 is 0 Å². The van der Waals surface area contributed by atoms with E-state index in [0.717, 1.165) is 25.9 Å². The van der Waals surface area contributed by atoms with Crippen molar-refractivity contribution in [1.82, 2.24) is 15.5 Å². The molecule has 0 saturated carbocycles. The quantitative estimate of drug-likeness (QED) is 0.781. The molecule has 0 aliphatic rings. The maximum absolute atomic E-state index is 4.04. The van der Waals surface area contributed by atoms with Crippen molar-refractivity contribution in [2.75, 3.05) is 6.54 Å². The van der Waals surface area contributed by atoms with Gasteiger partial charge in [0.1, 0.15) is 0 Å². The van der Waals surface area contributed by atoms with Crippen LogP contribution in [0.15, 0.2) is 24.4 Å². The van der Waals surface area contributed by atoms with Gasteiger partial charge in [0.15, 0.2) is 0 Å². The smallest absolute Gasteiger partial charge is 0.0522 e. The summed E-state index contributed by atoms with van der Waals surface area (Å²) in [4.78, 5) is 0. The molecule has 2 N–H and O–H groups in total. The van der Waals surface area contributed by atoms with Gasteiger partial charge in [0.2, 0.25) is 0 Å². The number of rotatable bonds is 6. The number of aryl methyl sites for hydroxylation is 4. The maximum Gasteiger partial charge on any atom is 0.0522 e. The lowest BCUT2D eigenvalue weighted by Gasteiger charge is -2.07. The van der Waals surface area contributed by atoms with Crippen LogP contribution in [0.1, 0.15) is 34.4 Å². The van der Waals surface area contributed by atoms with Crippen molar-refractivity contribution in [3.05, 3.63) is 52.3 Å². The molecule has 1 aromatic heterocycles. The Morgan fingerprint density at radius 3 is 2.47 bits per heavy atom. The first-order chi connectivity index (χ1) is 9.15. The fourth-order valence-corrected chi connectivity index (χ4v) is 2.44. The van der Waals surface area contributed by atoms with Crippen molar-refractivity contribution in [2.45, 2.75) is 40.2 Å². The molecule has 0 fully saturated rings. The highest BCUT2D eigenvalue weighted by Crippen LogP contribution is 2.09. The summed E-state index contributed by atoms with van der Waals surface area (Å²) < 4.78 is 0. The zero-order chi connectivity index (χ0) is 13.7. The number of benzene rings is 1. The fraction of sp³-hybridized carbons (Fsp3) is 0.438. The molecule has 19 heavy (non-hydrogen) atoms. The second kappa shape index (κ2) is 6.53. The van der Waals surface area contributed by atoms with Gasteiger partial charge in [-0.2, -0.15) is 5.10 Å². The van der Waals surface area contributed by atoms with Crippen LogP contribution in [-0.4, -0.2) is 16.7 Å². The summed E-state index contributed by atoms with van der Waals surface area (Å²) in [6.45, 7) is 8.37. The van der Waals surface area contributed by atoms with Gasteiger partial charge < -0.3 is 5.32 Å². The zero-order valence-electron chi connectivity index (χ0n) is 12.1. The van der Waals surface area contributed by atoms with Crippen LogP contribution in [0.2, 0.25) is 0 Å². The van der Waals surface area contributed by atoms with E-state index in [1.54, 1.807) is 0 Å². The lowest BCUT2D eigenvalue weighted by molar-refractivity contribution is 0.648. The molecule has 0 unspecified atom stereocenters. The lowest BCUT2D eigenvalue weighted by Crippen LogP contribution is -2.15. The van der Waals surface area contributed by atoms with E-state index in [2.05, 4.69) is 54.5 Å². The van der Waals surface area contributed by atoms with E-state index in [9.17, 15) is 0 Å². The van der Waals surface area contributed by atoms with Crippen molar-refractivity contribution >= 4 is 0 Å². The number of hydrogen-bond acceptors (Lipinski definition) is 2. The van der Waals surface area contributed by atoms with E-state index in [4.69, 9.17) is 0 Å². The Hall–Kier alpha value is -1.61. The topological polar surface area (TPSA) is 40.7 Å². The van der Waals surface area contributed by atoms with Gasteiger partial charge >= 0.3 is 0 Å². The maximum atomic E-state index is 4.04. The number of nitrogens with one attached hydrogen (secondary N) is 2. The average molecular weight is 257 g/mol. The summed E-state index contributed by atoms with van der Waals surface area (Å²) in [5, 5.41) is 10.5. The summed E-state index contributed by atoms with van der Waals surface area (Å²) in [7, 11) is 0. The van der Waals surface area contributed by atoms with Gasteiger partial charge in [0.25, 0.3) is 0 Å². The Bertz CT molecular complexity index is 508. The molecule has 0 amide bonds. The minimum absolute atomic E-state index is 0.951. The van der Waals surface area contributed by atoms with Gasteiger partial charge in [-0.05, 0) is 51.3 Å². The standard InChI is InChI=1S/C16H23N3/c1-12-7-13(2)9-15(8-12)10-17-6-4-5-16-11-18-19-14(16)3/h7-9,11,17H,4-6,10H2,1-3H3,(H,18,19). The monoisotopic (exact) mass is 257 g/mol.